The number of benzene rings is 2. The van der Waals surface area contributed by atoms with Gasteiger partial charge in [0, 0.05) is 13.1 Å². The van der Waals surface area contributed by atoms with E-state index < -0.39 is 16.1 Å². The molecule has 0 radical (unpaired) electrons. The number of hydrogen-bond donors (Lipinski definition) is 0. The zero-order valence-corrected chi connectivity index (χ0v) is 17.9. The van der Waals surface area contributed by atoms with Crippen molar-refractivity contribution < 1.29 is 26.9 Å². The first kappa shape index (κ1) is 21.8. The Kier molecular flexibility index (Phi) is 6.77. The van der Waals surface area contributed by atoms with Crippen molar-refractivity contribution in [1.82, 2.24) is 4.90 Å². The number of carbonyl (C=O) groups is 2. The van der Waals surface area contributed by atoms with Crippen molar-refractivity contribution in [2.75, 3.05) is 19.7 Å². The van der Waals surface area contributed by atoms with E-state index in [1.807, 2.05) is 6.07 Å². The Morgan fingerprint density at radius 3 is 2.30 bits per heavy atom. The van der Waals surface area contributed by atoms with Crippen LogP contribution in [0, 0.1) is 13.8 Å². The second-order valence-electron chi connectivity index (χ2n) is 7.35. The predicted octanol–water partition coefficient (Wildman–Crippen LogP) is 3.24. The summed E-state index contributed by atoms with van der Waals surface area (Å²) in [5.74, 6) is -0.774. The van der Waals surface area contributed by atoms with Gasteiger partial charge in [0.1, 0.15) is 10.6 Å². The van der Waals surface area contributed by atoms with Gasteiger partial charge in [0.15, 0.2) is 6.61 Å². The molecular weight excluding hydrogens is 406 g/mol. The average molecular weight is 432 g/mol. The van der Waals surface area contributed by atoms with E-state index in [2.05, 4.69) is 0 Å². The molecule has 7 nitrogen and oxygen atoms in total. The summed E-state index contributed by atoms with van der Waals surface area (Å²) in [7, 11) is -4.00. The van der Waals surface area contributed by atoms with Crippen LogP contribution < -0.4 is 4.18 Å². The molecule has 30 heavy (non-hydrogen) atoms. The van der Waals surface area contributed by atoms with Gasteiger partial charge in [-0.15, -0.1) is 0 Å². The highest BCUT2D eigenvalue weighted by atomic mass is 32.2. The number of rotatable bonds is 6. The summed E-state index contributed by atoms with van der Waals surface area (Å²) in [5, 5.41) is 0. The highest BCUT2D eigenvalue weighted by Gasteiger charge is 2.21. The molecule has 0 unspecified atom stereocenters. The second kappa shape index (κ2) is 9.30. The standard InChI is InChI=1S/C22H25NO6S/c1-16-6-7-17(2)20(14-16)30(26,27)29-19-10-8-18(9-11-19)22(25)28-15-21(24)23-12-4-3-5-13-23/h6-11,14H,3-5,12-13,15H2,1-2H3. The van der Waals surface area contributed by atoms with Gasteiger partial charge in [-0.2, -0.15) is 8.42 Å². The van der Waals surface area contributed by atoms with Crippen LogP contribution in [0.4, 0.5) is 0 Å². The SMILES string of the molecule is Cc1ccc(C)c(S(=O)(=O)Oc2ccc(C(=O)OCC(=O)N3CCCCC3)cc2)c1. The Labute approximate surface area is 176 Å². The van der Waals surface area contributed by atoms with Crippen molar-refractivity contribution >= 4 is 22.0 Å². The van der Waals surface area contributed by atoms with Crippen molar-refractivity contribution in [2.24, 2.45) is 0 Å². The third-order valence-electron chi connectivity index (χ3n) is 4.94. The monoisotopic (exact) mass is 431 g/mol. The Morgan fingerprint density at radius 1 is 0.967 bits per heavy atom. The Morgan fingerprint density at radius 2 is 1.63 bits per heavy atom. The molecule has 0 bridgehead atoms. The van der Waals surface area contributed by atoms with Gasteiger partial charge in [-0.25, -0.2) is 4.79 Å². The lowest BCUT2D eigenvalue weighted by atomic mass is 10.1. The molecule has 1 saturated heterocycles. The molecule has 0 spiro atoms. The molecule has 2 aromatic carbocycles. The quantitative estimate of drug-likeness (QED) is 0.515. The third kappa shape index (κ3) is 5.38. The molecular formula is C22H25NO6S. The summed E-state index contributed by atoms with van der Waals surface area (Å²) >= 11 is 0. The van der Waals surface area contributed by atoms with Gasteiger partial charge >= 0.3 is 16.1 Å². The summed E-state index contributed by atoms with van der Waals surface area (Å²) in [6.45, 7) is 4.57. The fourth-order valence-corrected chi connectivity index (χ4v) is 4.49. The Balaban J connectivity index is 1.60. The molecule has 0 N–H and O–H groups in total. The van der Waals surface area contributed by atoms with Crippen LogP contribution in [0.3, 0.4) is 0 Å². The molecule has 0 saturated carbocycles. The van der Waals surface area contributed by atoms with Crippen LogP contribution >= 0.6 is 0 Å². The van der Waals surface area contributed by atoms with E-state index in [4.69, 9.17) is 8.92 Å². The first-order chi connectivity index (χ1) is 14.3. The van der Waals surface area contributed by atoms with E-state index in [0.29, 0.717) is 18.7 Å². The van der Waals surface area contributed by atoms with Gasteiger partial charge < -0.3 is 13.8 Å². The molecule has 0 atom stereocenters. The van der Waals surface area contributed by atoms with Crippen molar-refractivity contribution in [2.45, 2.75) is 38.0 Å². The van der Waals surface area contributed by atoms with Crippen LogP contribution in [0.15, 0.2) is 47.4 Å². The van der Waals surface area contributed by atoms with Crippen molar-refractivity contribution in [3.8, 4) is 5.75 Å². The molecule has 3 rings (SSSR count). The number of ether oxygens (including phenoxy) is 1. The van der Waals surface area contributed by atoms with Gasteiger partial charge in [0.2, 0.25) is 0 Å². The van der Waals surface area contributed by atoms with E-state index in [9.17, 15) is 18.0 Å². The zero-order chi connectivity index (χ0) is 21.7. The van der Waals surface area contributed by atoms with Crippen LogP contribution in [-0.2, 0) is 19.6 Å². The van der Waals surface area contributed by atoms with Gasteiger partial charge in [0.25, 0.3) is 5.91 Å². The lowest BCUT2D eigenvalue weighted by molar-refractivity contribution is -0.135. The largest absolute Gasteiger partial charge is 0.452 e. The predicted molar refractivity (Wildman–Crippen MR) is 111 cm³/mol. The Bertz CT molecular complexity index is 1020. The number of likely N-dealkylation sites (tertiary alicyclic amines) is 1. The van der Waals surface area contributed by atoms with Crippen LogP contribution in [0.5, 0.6) is 5.75 Å². The fourth-order valence-electron chi connectivity index (χ4n) is 3.24. The molecule has 8 heteroatoms. The topological polar surface area (TPSA) is 90.0 Å². The molecule has 1 aliphatic rings. The minimum Gasteiger partial charge on any atom is -0.452 e. The van der Waals surface area contributed by atoms with E-state index in [1.54, 1.807) is 30.9 Å². The summed E-state index contributed by atoms with van der Waals surface area (Å²) in [6.07, 6.45) is 3.04. The van der Waals surface area contributed by atoms with Gasteiger partial charge in [-0.05, 0) is 74.6 Å². The van der Waals surface area contributed by atoms with E-state index >= 15 is 0 Å². The van der Waals surface area contributed by atoms with Crippen LogP contribution in [0.2, 0.25) is 0 Å². The van der Waals surface area contributed by atoms with Crippen LogP contribution in [0.1, 0.15) is 40.7 Å². The summed E-state index contributed by atoms with van der Waals surface area (Å²) in [5.41, 5.74) is 1.59. The summed E-state index contributed by atoms with van der Waals surface area (Å²) < 4.78 is 35.4. The normalized spacial score (nSPS) is 14.3. The number of hydrogen-bond acceptors (Lipinski definition) is 6. The minimum atomic E-state index is -4.00. The number of piperidine rings is 1. The first-order valence-electron chi connectivity index (χ1n) is 9.83. The number of aryl methyl sites for hydroxylation is 2. The molecule has 1 amide bonds. The minimum absolute atomic E-state index is 0.0804. The maximum atomic E-state index is 12.6. The molecule has 160 valence electrons. The van der Waals surface area contributed by atoms with Crippen LogP contribution in [-0.4, -0.2) is 44.9 Å². The van der Waals surface area contributed by atoms with E-state index in [-0.39, 0.29) is 28.7 Å². The zero-order valence-electron chi connectivity index (χ0n) is 17.1. The highest BCUT2D eigenvalue weighted by Crippen LogP contribution is 2.23. The molecule has 1 aliphatic heterocycles. The summed E-state index contributed by atoms with van der Waals surface area (Å²) in [6, 6.07) is 10.7. The molecule has 1 fully saturated rings. The molecule has 0 aliphatic carbocycles. The average Bonchev–Trinajstić information content (AvgIpc) is 2.74. The highest BCUT2D eigenvalue weighted by molar-refractivity contribution is 7.87. The van der Waals surface area contributed by atoms with Gasteiger partial charge in [-0.3, -0.25) is 4.79 Å². The van der Waals surface area contributed by atoms with Crippen LogP contribution in [0.25, 0.3) is 0 Å². The molecule has 0 aromatic heterocycles. The third-order valence-corrected chi connectivity index (χ3v) is 6.33. The smallest absolute Gasteiger partial charge is 0.339 e. The lowest BCUT2D eigenvalue weighted by Gasteiger charge is -2.26. The van der Waals surface area contributed by atoms with Crippen molar-refractivity contribution in [1.29, 1.82) is 0 Å². The van der Waals surface area contributed by atoms with Crippen molar-refractivity contribution in [3.63, 3.8) is 0 Å². The Hall–Kier alpha value is -2.87. The lowest BCUT2D eigenvalue weighted by Crippen LogP contribution is -2.38. The number of nitrogens with zero attached hydrogens (tertiary/aromatic N) is 1. The maximum Gasteiger partial charge on any atom is 0.339 e. The molecule has 1 heterocycles. The summed E-state index contributed by atoms with van der Waals surface area (Å²) in [4.78, 5) is 26.1. The first-order valence-corrected chi connectivity index (χ1v) is 11.2. The number of esters is 1. The van der Waals surface area contributed by atoms with Gasteiger partial charge in [-0.1, -0.05) is 12.1 Å². The van der Waals surface area contributed by atoms with Crippen molar-refractivity contribution in [3.05, 3.63) is 59.2 Å². The number of carbonyl (C=O) groups excluding carboxylic acids is 2. The molecule has 2 aromatic rings. The second-order valence-corrected chi connectivity index (χ2v) is 8.86. The van der Waals surface area contributed by atoms with E-state index in [1.165, 1.54) is 24.3 Å². The maximum absolute atomic E-state index is 12.6. The number of amides is 1. The van der Waals surface area contributed by atoms with E-state index in [0.717, 1.165) is 24.8 Å². The fraction of sp³-hybridized carbons (Fsp3) is 0.364. The van der Waals surface area contributed by atoms with Gasteiger partial charge in [0.05, 0.1) is 5.56 Å².